The molecule has 0 spiro atoms. The van der Waals surface area contributed by atoms with Gasteiger partial charge in [0.2, 0.25) is 0 Å². The minimum atomic E-state index is -0.568. The standard InChI is InChI=1S/4C20H20FN7O/c1-12-9-23-19(10-22-12)26-16-6-13-7-18(16)27(11-13)20(29)15-8-14(21)2-3-17(15)28-24-4-5-25-28;1-12-9-23-19(10-22-12)26-16-6-13-7-18(16)27(11-13)20(29)15-3-2-14(21)8-17(15)28-24-4-5-25-28;1-12-9-23-18(10-22-12)26-15-7-13-8-17(15)27(11-13)20(29)19-14(21)3-2-4-16(19)28-24-5-6-25-28;1-12-9-23-18(10-22-12)26-16-7-13-8-17(16)27(11-13)20(29)14-3-2-4-15(21)19(14)28-24-5-6-25-28/h2*2-5,8-10,13,16,18H,6-7,11H2,1H3,(H,23,26);2-6,9-10,13,15,17H,7-8,11H2,1H3,(H,23,26);2-6,9-10,13,16-17H,7-8,11H2,1H3,(H,23,26). The molecule has 12 aromatic rings. The zero-order chi connectivity index (χ0) is 79.8. The van der Waals surface area contributed by atoms with Crippen molar-refractivity contribution in [2.75, 3.05) is 47.4 Å². The molecule has 8 aromatic heterocycles. The predicted molar refractivity (Wildman–Crippen MR) is 412 cm³/mol. The van der Waals surface area contributed by atoms with E-state index in [0.717, 1.165) is 78.9 Å². The Labute approximate surface area is 661 Å². The van der Waals surface area contributed by atoms with Crippen LogP contribution in [0.2, 0.25) is 0 Å². The van der Waals surface area contributed by atoms with Crippen LogP contribution in [0.3, 0.4) is 0 Å². The van der Waals surface area contributed by atoms with Crippen molar-refractivity contribution in [3.63, 3.8) is 0 Å². The quantitative estimate of drug-likeness (QED) is 0.0656. The summed E-state index contributed by atoms with van der Waals surface area (Å²) >= 11 is 0. The molecule has 12 atom stereocenters. The molecule has 4 saturated heterocycles. The summed E-state index contributed by atoms with van der Waals surface area (Å²) in [5.74, 6) is 1.60. The second kappa shape index (κ2) is 32.2. The third-order valence-electron chi connectivity index (χ3n) is 22.8. The zero-order valence-electron chi connectivity index (χ0n) is 63.5. The van der Waals surface area contributed by atoms with Gasteiger partial charge in [-0.2, -0.15) is 55.2 Å². The van der Waals surface area contributed by atoms with Crippen molar-refractivity contribution in [1.29, 1.82) is 0 Å². The second-order valence-electron chi connectivity index (χ2n) is 30.5. The van der Waals surface area contributed by atoms with E-state index < -0.39 is 23.3 Å². The number of hydrogen-bond donors (Lipinski definition) is 4. The molecule has 20 rings (SSSR count). The van der Waals surface area contributed by atoms with Gasteiger partial charge < -0.3 is 40.9 Å². The van der Waals surface area contributed by atoms with Crippen molar-refractivity contribution < 1.29 is 36.7 Å². The number of nitrogens with zero attached hydrogens (tertiary/aromatic N) is 24. The lowest BCUT2D eigenvalue weighted by atomic mass is 10.0. The molecule has 4 amide bonds. The van der Waals surface area contributed by atoms with Crippen LogP contribution in [-0.4, -0.2) is 218 Å². The number of carbonyl (C=O) groups is 4. The Morgan fingerprint density at radius 2 is 0.672 bits per heavy atom. The van der Waals surface area contributed by atoms with Gasteiger partial charge in [-0.25, -0.2) is 37.5 Å². The Morgan fingerprint density at radius 1 is 0.328 bits per heavy atom. The number of para-hydroxylation sites is 1. The molecule has 0 radical (unpaired) electrons. The SMILES string of the molecule is Cc1cnc(NC2CC3CC2N(C(=O)c2c(F)cccc2-n2nccn2)C3)cn1.Cc1cnc(NC2CC3CC2N(C(=O)c2cc(F)ccc2-n2nccn2)C3)cn1.Cc1cnc(NC2CC3CC2N(C(=O)c2ccc(F)cc2-n2nccn2)C3)cn1.Cc1cnc(NC2CC3CC2N(C(=O)c2cccc(F)c2-n2nccn2)C3)cn1. The normalized spacial score (nSPS) is 22.8. The molecule has 4 aromatic carbocycles. The molecule has 592 valence electrons. The molecule has 36 heteroatoms. The number of amides is 4. The van der Waals surface area contributed by atoms with Crippen LogP contribution in [0.1, 0.15) is 116 Å². The van der Waals surface area contributed by atoms with Gasteiger partial charge in [0.1, 0.15) is 63.3 Å². The first-order valence-corrected chi connectivity index (χ1v) is 38.4. The molecule has 4 saturated carbocycles. The molecule has 4 aliphatic heterocycles. The van der Waals surface area contributed by atoms with Gasteiger partial charge in [0.25, 0.3) is 23.6 Å². The Morgan fingerprint density at radius 3 is 1.08 bits per heavy atom. The molecule has 8 fully saturated rings. The van der Waals surface area contributed by atoms with E-state index in [0.29, 0.717) is 95.7 Å². The van der Waals surface area contributed by atoms with Gasteiger partial charge in [-0.15, -0.1) is 4.80 Å². The van der Waals surface area contributed by atoms with E-state index in [-0.39, 0.29) is 94.3 Å². The lowest BCUT2D eigenvalue weighted by Crippen LogP contribution is -2.48. The van der Waals surface area contributed by atoms with Crippen molar-refractivity contribution >= 4 is 46.9 Å². The smallest absolute Gasteiger partial charge is 0.259 e. The molecule has 32 nitrogen and oxygen atoms in total. The summed E-state index contributed by atoms with van der Waals surface area (Å²) < 4.78 is 57.1. The number of benzene rings is 4. The fourth-order valence-electron chi connectivity index (χ4n) is 17.7. The largest absolute Gasteiger partial charge is 0.364 e. The number of nitrogens with one attached hydrogen (secondary N) is 4. The highest BCUT2D eigenvalue weighted by Gasteiger charge is 2.52. The Bertz CT molecular complexity index is 5380. The number of rotatable bonds is 16. The van der Waals surface area contributed by atoms with E-state index in [1.807, 2.05) is 42.4 Å². The number of aryl methyl sites for hydroxylation is 4. The van der Waals surface area contributed by atoms with Crippen LogP contribution in [0.25, 0.3) is 22.7 Å². The number of carbonyl (C=O) groups excluding carboxylic acids is 4. The molecular weight excluding hydrogens is 1490 g/mol. The minimum absolute atomic E-state index is 0.00475. The zero-order valence-corrected chi connectivity index (χ0v) is 63.5. The van der Waals surface area contributed by atoms with Gasteiger partial charge in [-0.3, -0.25) is 39.1 Å². The third kappa shape index (κ3) is 15.6. The molecule has 12 heterocycles. The number of fused-ring (bicyclic) bond motifs is 8. The van der Waals surface area contributed by atoms with E-state index >= 15 is 0 Å². The monoisotopic (exact) mass is 1570 g/mol. The number of piperidine rings is 4. The van der Waals surface area contributed by atoms with Gasteiger partial charge in [-0.05, 0) is 157 Å². The molecule has 8 bridgehead atoms. The lowest BCUT2D eigenvalue weighted by molar-refractivity contribution is 0.0680. The van der Waals surface area contributed by atoms with Crippen LogP contribution >= 0.6 is 0 Å². The summed E-state index contributed by atoms with van der Waals surface area (Å²) in [6, 6.07) is 17.6. The molecule has 12 unspecified atom stereocenters. The van der Waals surface area contributed by atoms with E-state index in [4.69, 9.17) is 0 Å². The summed E-state index contributed by atoms with van der Waals surface area (Å²) in [4.78, 5) is 100. The van der Waals surface area contributed by atoms with E-state index in [1.165, 1.54) is 112 Å². The maximum Gasteiger partial charge on any atom is 0.259 e. The summed E-state index contributed by atoms with van der Waals surface area (Å²) in [5.41, 5.74) is 5.58. The fraction of sp³-hybridized carbons (Fsp3) is 0.350. The Balaban J connectivity index is 0.000000111. The number of likely N-dealkylation sites (tertiary alicyclic amines) is 4. The minimum Gasteiger partial charge on any atom is -0.364 e. The van der Waals surface area contributed by atoms with Gasteiger partial charge in [-0.1, -0.05) is 12.1 Å². The lowest BCUT2D eigenvalue weighted by Gasteiger charge is -2.34. The van der Waals surface area contributed by atoms with Crippen molar-refractivity contribution in [3.05, 3.63) is 240 Å². The molecule has 4 aliphatic carbocycles. The maximum absolute atomic E-state index is 14.7. The number of hydrogen-bond acceptors (Lipinski definition) is 24. The van der Waals surface area contributed by atoms with Crippen LogP contribution in [0, 0.1) is 74.6 Å². The molecule has 4 N–H and O–H groups in total. The summed E-state index contributed by atoms with van der Waals surface area (Å²) in [6.07, 6.45) is 33.2. The van der Waals surface area contributed by atoms with Gasteiger partial charge in [0.05, 0.1) is 168 Å². The average molecular weight is 1570 g/mol. The molecular formula is C80H80F4N28O4. The number of aromatic nitrogens is 20. The first-order chi connectivity index (χ1) is 56.4. The van der Waals surface area contributed by atoms with Crippen LogP contribution in [0.4, 0.5) is 40.8 Å². The summed E-state index contributed by atoms with van der Waals surface area (Å²) in [7, 11) is 0. The van der Waals surface area contributed by atoms with Gasteiger partial charge in [0, 0.05) is 56.4 Å². The first kappa shape index (κ1) is 75.3. The van der Waals surface area contributed by atoms with Crippen LogP contribution < -0.4 is 21.3 Å². The first-order valence-electron chi connectivity index (χ1n) is 38.4. The predicted octanol–water partition coefficient (Wildman–Crippen LogP) is 8.88. The summed E-state index contributed by atoms with van der Waals surface area (Å²) in [5, 5.41) is 46.1. The topological polar surface area (TPSA) is 355 Å². The Kier molecular flexibility index (Phi) is 20.9. The van der Waals surface area contributed by atoms with E-state index in [2.05, 4.69) is 102 Å². The van der Waals surface area contributed by atoms with Crippen molar-refractivity contribution in [2.45, 2.75) is 127 Å². The highest BCUT2D eigenvalue weighted by Crippen LogP contribution is 2.45. The second-order valence-corrected chi connectivity index (χ2v) is 30.5. The Hall–Kier alpha value is -13.4. The highest BCUT2D eigenvalue weighted by molar-refractivity contribution is 6.00. The summed E-state index contributed by atoms with van der Waals surface area (Å²) in [6.45, 7) is 10.2. The van der Waals surface area contributed by atoms with Gasteiger partial charge in [0.15, 0.2) is 5.82 Å². The highest BCUT2D eigenvalue weighted by atomic mass is 19.1. The molecule has 116 heavy (non-hydrogen) atoms. The van der Waals surface area contributed by atoms with Gasteiger partial charge >= 0.3 is 0 Å². The number of anilines is 4. The molecule has 8 aliphatic rings. The third-order valence-corrected chi connectivity index (χ3v) is 22.8. The van der Waals surface area contributed by atoms with Crippen molar-refractivity contribution in [3.8, 4) is 22.7 Å². The average Bonchev–Trinajstić information content (AvgIpc) is 1.59. The van der Waals surface area contributed by atoms with E-state index in [1.54, 1.807) is 78.7 Å². The van der Waals surface area contributed by atoms with Crippen LogP contribution in [-0.2, 0) is 0 Å². The van der Waals surface area contributed by atoms with Crippen molar-refractivity contribution in [2.24, 2.45) is 23.7 Å². The van der Waals surface area contributed by atoms with Crippen molar-refractivity contribution in [1.82, 2.24) is 119 Å². The fourth-order valence-corrected chi connectivity index (χ4v) is 17.7. The maximum atomic E-state index is 14.7. The number of halogens is 4. The van der Waals surface area contributed by atoms with E-state index in [9.17, 15) is 36.7 Å². The van der Waals surface area contributed by atoms with Crippen LogP contribution in [0.5, 0.6) is 0 Å². The van der Waals surface area contributed by atoms with Crippen LogP contribution in [0.15, 0.2) is 172 Å².